The Bertz CT molecular complexity index is 842. The van der Waals surface area contributed by atoms with Gasteiger partial charge in [-0.3, -0.25) is 0 Å². The molecule has 23 heavy (non-hydrogen) atoms. The molecule has 0 saturated carbocycles. The number of carboxylic acid groups (broad SMARTS) is 1. The second-order valence-corrected chi connectivity index (χ2v) is 4.61. The predicted octanol–water partition coefficient (Wildman–Crippen LogP) is 2.44. The third kappa shape index (κ3) is 3.24. The number of anilines is 1. The number of carboxylic acids is 1. The highest BCUT2D eigenvalue weighted by Crippen LogP contribution is 2.15. The van der Waals surface area contributed by atoms with Gasteiger partial charge in [-0.05, 0) is 34.7 Å². The van der Waals surface area contributed by atoms with Crippen LogP contribution in [0.15, 0.2) is 60.8 Å². The normalized spacial score (nSPS) is 10.8. The summed E-state index contributed by atoms with van der Waals surface area (Å²) in [6, 6.07) is 16.1. The summed E-state index contributed by atoms with van der Waals surface area (Å²) in [4.78, 5) is 11.2. The lowest BCUT2D eigenvalue weighted by atomic mass is 10.2. The molecule has 0 amide bonds. The molecule has 0 atom stereocenters. The van der Waals surface area contributed by atoms with E-state index in [-0.39, 0.29) is 5.56 Å². The van der Waals surface area contributed by atoms with E-state index in [9.17, 15) is 4.79 Å². The molecule has 0 spiro atoms. The lowest BCUT2D eigenvalue weighted by molar-refractivity contribution is 0.0698. The van der Waals surface area contributed by atoms with E-state index in [1.165, 1.54) is 6.07 Å². The molecular formula is C16H13N5O2. The minimum absolute atomic E-state index is 0.194. The molecule has 7 heteroatoms. The summed E-state index contributed by atoms with van der Waals surface area (Å²) in [6.45, 7) is 0. The second-order valence-electron chi connectivity index (χ2n) is 4.61. The number of hydrogen-bond donors (Lipinski definition) is 2. The summed E-state index contributed by atoms with van der Waals surface area (Å²) in [5, 5.41) is 23.6. The van der Waals surface area contributed by atoms with Gasteiger partial charge in [-0.1, -0.05) is 30.3 Å². The second kappa shape index (κ2) is 6.52. The van der Waals surface area contributed by atoms with Crippen molar-refractivity contribution >= 4 is 17.7 Å². The van der Waals surface area contributed by atoms with E-state index in [0.717, 1.165) is 5.69 Å². The number of hydrogen-bond acceptors (Lipinski definition) is 5. The van der Waals surface area contributed by atoms with Crippen LogP contribution >= 0.6 is 0 Å². The maximum Gasteiger partial charge on any atom is 0.337 e. The van der Waals surface area contributed by atoms with Gasteiger partial charge in [0, 0.05) is 12.3 Å². The molecule has 0 fully saturated rings. The zero-order chi connectivity index (χ0) is 16.1. The Kier molecular flexibility index (Phi) is 4.10. The van der Waals surface area contributed by atoms with Crippen molar-refractivity contribution in [2.45, 2.75) is 0 Å². The molecule has 114 valence electrons. The van der Waals surface area contributed by atoms with E-state index in [4.69, 9.17) is 5.11 Å². The van der Waals surface area contributed by atoms with Crippen LogP contribution in [0.3, 0.4) is 0 Å². The Morgan fingerprint density at radius 2 is 1.83 bits per heavy atom. The molecule has 1 aromatic heterocycles. The molecule has 7 nitrogen and oxygen atoms in total. The average Bonchev–Trinajstić information content (AvgIpc) is 3.04. The molecule has 0 aliphatic rings. The van der Waals surface area contributed by atoms with Gasteiger partial charge in [0.25, 0.3) is 0 Å². The highest BCUT2D eigenvalue weighted by molar-refractivity contribution is 5.94. The van der Waals surface area contributed by atoms with Crippen LogP contribution in [0.4, 0.5) is 5.69 Å². The van der Waals surface area contributed by atoms with Gasteiger partial charge in [0.15, 0.2) is 5.82 Å². The fourth-order valence-corrected chi connectivity index (χ4v) is 2.05. The third-order valence-corrected chi connectivity index (χ3v) is 3.12. The van der Waals surface area contributed by atoms with Crippen molar-refractivity contribution in [2.24, 2.45) is 0 Å². The van der Waals surface area contributed by atoms with E-state index >= 15 is 0 Å². The highest BCUT2D eigenvalue weighted by atomic mass is 16.4. The van der Waals surface area contributed by atoms with Crippen LogP contribution in [-0.2, 0) is 0 Å². The summed E-state index contributed by atoms with van der Waals surface area (Å²) in [6.07, 6.45) is 3.28. The average molecular weight is 307 g/mol. The molecule has 3 rings (SSSR count). The smallest absolute Gasteiger partial charge is 0.337 e. The summed E-state index contributed by atoms with van der Waals surface area (Å²) >= 11 is 0. The highest BCUT2D eigenvalue weighted by Gasteiger charge is 2.08. The molecule has 2 aromatic carbocycles. The van der Waals surface area contributed by atoms with Gasteiger partial charge in [0.05, 0.1) is 16.9 Å². The van der Waals surface area contributed by atoms with Gasteiger partial charge in [-0.25, -0.2) is 4.79 Å². The van der Waals surface area contributed by atoms with Crippen molar-refractivity contribution in [3.05, 3.63) is 72.2 Å². The molecule has 0 aliphatic carbocycles. The molecule has 0 radical (unpaired) electrons. The Morgan fingerprint density at radius 1 is 1.09 bits per heavy atom. The number of tetrazole rings is 1. The lowest BCUT2D eigenvalue weighted by Crippen LogP contribution is -2.02. The first-order valence-corrected chi connectivity index (χ1v) is 6.85. The summed E-state index contributed by atoms with van der Waals surface area (Å²) in [5.41, 5.74) is 1.53. The van der Waals surface area contributed by atoms with Gasteiger partial charge in [0.1, 0.15) is 0 Å². The fourth-order valence-electron chi connectivity index (χ4n) is 2.05. The van der Waals surface area contributed by atoms with Crippen LogP contribution in [0, 0.1) is 0 Å². The summed E-state index contributed by atoms with van der Waals surface area (Å²) in [7, 11) is 0. The largest absolute Gasteiger partial charge is 0.478 e. The number of nitrogens with one attached hydrogen (secondary N) is 1. The van der Waals surface area contributed by atoms with Crippen molar-refractivity contribution < 1.29 is 9.90 Å². The first kappa shape index (κ1) is 14.5. The van der Waals surface area contributed by atoms with Crippen molar-refractivity contribution in [1.29, 1.82) is 0 Å². The van der Waals surface area contributed by atoms with Crippen molar-refractivity contribution in [1.82, 2.24) is 20.2 Å². The number of aromatic carboxylic acids is 1. The van der Waals surface area contributed by atoms with Gasteiger partial charge in [-0.2, -0.15) is 4.68 Å². The first-order valence-electron chi connectivity index (χ1n) is 6.85. The molecular weight excluding hydrogens is 294 g/mol. The minimum Gasteiger partial charge on any atom is -0.478 e. The van der Waals surface area contributed by atoms with E-state index < -0.39 is 5.97 Å². The van der Waals surface area contributed by atoms with Crippen LogP contribution in [-0.4, -0.2) is 31.3 Å². The van der Waals surface area contributed by atoms with E-state index in [1.54, 1.807) is 35.2 Å². The molecule has 3 aromatic rings. The first-order chi connectivity index (χ1) is 11.3. The van der Waals surface area contributed by atoms with Crippen LogP contribution in [0.5, 0.6) is 0 Å². The zero-order valence-electron chi connectivity index (χ0n) is 12.0. The SMILES string of the molecule is O=C(O)c1ccccc1NC=Cc1nnnn1-c1ccccc1. The molecule has 0 saturated heterocycles. The number of carbonyl (C=O) groups is 1. The quantitative estimate of drug-likeness (QED) is 0.752. The van der Waals surface area contributed by atoms with Gasteiger partial charge in [-0.15, -0.1) is 5.10 Å². The molecule has 0 bridgehead atoms. The molecule has 1 heterocycles. The van der Waals surface area contributed by atoms with E-state index in [0.29, 0.717) is 11.5 Å². The maximum absolute atomic E-state index is 11.2. The topological polar surface area (TPSA) is 92.9 Å². The van der Waals surface area contributed by atoms with Crippen molar-refractivity contribution in [2.75, 3.05) is 5.32 Å². The summed E-state index contributed by atoms with van der Waals surface area (Å²) in [5.74, 6) is -0.466. The van der Waals surface area contributed by atoms with Crippen molar-refractivity contribution in [3.8, 4) is 5.69 Å². The summed E-state index contributed by atoms with van der Waals surface area (Å²) < 4.78 is 1.58. The number of rotatable bonds is 5. The van der Waals surface area contributed by atoms with Crippen LogP contribution < -0.4 is 5.32 Å². The van der Waals surface area contributed by atoms with Gasteiger partial charge >= 0.3 is 5.97 Å². The third-order valence-electron chi connectivity index (χ3n) is 3.12. The van der Waals surface area contributed by atoms with Crippen LogP contribution in [0.1, 0.15) is 16.2 Å². The predicted molar refractivity (Wildman–Crippen MR) is 85.2 cm³/mol. The standard InChI is InChI=1S/C16H13N5O2/c22-16(23)13-8-4-5-9-14(13)17-11-10-15-18-19-20-21(15)12-6-2-1-3-7-12/h1-11,17H,(H,22,23). The number of aromatic nitrogens is 4. The lowest BCUT2D eigenvalue weighted by Gasteiger charge is -2.05. The van der Waals surface area contributed by atoms with Crippen LogP contribution in [0.25, 0.3) is 11.8 Å². The van der Waals surface area contributed by atoms with Crippen LogP contribution in [0.2, 0.25) is 0 Å². The maximum atomic E-state index is 11.2. The van der Waals surface area contributed by atoms with E-state index in [1.807, 2.05) is 30.3 Å². The monoisotopic (exact) mass is 307 g/mol. The number of nitrogens with zero attached hydrogens (tertiary/aromatic N) is 4. The fraction of sp³-hybridized carbons (Fsp3) is 0. The van der Waals surface area contributed by atoms with Crippen molar-refractivity contribution in [3.63, 3.8) is 0 Å². The Hall–Kier alpha value is -3.48. The molecule has 2 N–H and O–H groups in total. The minimum atomic E-state index is -0.990. The Morgan fingerprint density at radius 3 is 2.61 bits per heavy atom. The number of benzene rings is 2. The Balaban J connectivity index is 1.81. The Labute approximate surface area is 131 Å². The van der Waals surface area contributed by atoms with Gasteiger partial charge in [0.2, 0.25) is 0 Å². The number of para-hydroxylation sites is 2. The molecule has 0 aliphatic heterocycles. The molecule has 0 unspecified atom stereocenters. The zero-order valence-corrected chi connectivity index (χ0v) is 12.0. The van der Waals surface area contributed by atoms with Gasteiger partial charge < -0.3 is 10.4 Å². The van der Waals surface area contributed by atoms with E-state index in [2.05, 4.69) is 20.8 Å².